The fraction of sp³-hybridized carbons (Fsp3) is 0.176. The third kappa shape index (κ3) is 6.45. The number of carbonyl (C=O) groups excluding carboxylic acids is 2. The van der Waals surface area contributed by atoms with Crippen molar-refractivity contribution >= 4 is 29.1 Å². The highest BCUT2D eigenvalue weighted by atomic mass is 35.5. The van der Waals surface area contributed by atoms with Gasteiger partial charge in [-0.1, -0.05) is 23.7 Å². The molecular weight excluding hydrogens is 392 g/mol. The molecule has 0 bridgehead atoms. The molecule has 5 nitrogen and oxygen atoms in total. The summed E-state index contributed by atoms with van der Waals surface area (Å²) in [6.07, 6.45) is -5.12. The number of hydrogen-bond donors (Lipinski definition) is 2. The van der Waals surface area contributed by atoms with Crippen LogP contribution in [0.2, 0.25) is 5.02 Å². The molecule has 0 atom stereocenters. The van der Waals surface area contributed by atoms with Gasteiger partial charge in [0.05, 0.1) is 16.3 Å². The van der Waals surface area contributed by atoms with E-state index < -0.39 is 29.7 Å². The van der Waals surface area contributed by atoms with Gasteiger partial charge in [-0.3, -0.25) is 9.59 Å². The Morgan fingerprint density at radius 1 is 1.11 bits per heavy atom. The largest absolute Gasteiger partial charge is 0.573 e. The zero-order valence-electron chi connectivity index (χ0n) is 13.6. The standard InChI is InChI=1S/C17H13ClF4N2O3/c18-12-9-10(19)5-6-11(12)16(26)23-8-7-15(25)24-13-3-1-2-4-14(13)27-17(20,21)22/h1-6,9H,7-8H2,(H,23,26)(H,24,25). The number of carbonyl (C=O) groups is 2. The number of anilines is 1. The zero-order chi connectivity index (χ0) is 20.0. The first-order chi connectivity index (χ1) is 12.7. The summed E-state index contributed by atoms with van der Waals surface area (Å²) in [5, 5.41) is 4.60. The predicted octanol–water partition coefficient (Wildman–Crippen LogP) is 4.14. The van der Waals surface area contributed by atoms with Crippen LogP contribution < -0.4 is 15.4 Å². The molecular formula is C17H13ClF4N2O3. The van der Waals surface area contributed by atoms with Crippen LogP contribution in [0.3, 0.4) is 0 Å². The number of ether oxygens (including phenoxy) is 1. The van der Waals surface area contributed by atoms with Gasteiger partial charge in [0, 0.05) is 13.0 Å². The molecule has 0 heterocycles. The summed E-state index contributed by atoms with van der Waals surface area (Å²) < 4.78 is 53.8. The Labute approximate surface area is 156 Å². The third-order valence-corrected chi connectivity index (χ3v) is 3.51. The minimum Gasteiger partial charge on any atom is -0.404 e. The van der Waals surface area contributed by atoms with E-state index in [0.29, 0.717) is 0 Å². The van der Waals surface area contributed by atoms with Gasteiger partial charge in [-0.25, -0.2) is 4.39 Å². The molecule has 10 heteroatoms. The van der Waals surface area contributed by atoms with Crippen LogP contribution in [0.15, 0.2) is 42.5 Å². The van der Waals surface area contributed by atoms with Crippen LogP contribution in [0, 0.1) is 5.82 Å². The number of alkyl halides is 3. The summed E-state index contributed by atoms with van der Waals surface area (Å²) in [7, 11) is 0. The Morgan fingerprint density at radius 3 is 2.48 bits per heavy atom. The molecule has 0 aromatic heterocycles. The third-order valence-electron chi connectivity index (χ3n) is 3.20. The van der Waals surface area contributed by atoms with Crippen molar-refractivity contribution in [3.63, 3.8) is 0 Å². The molecule has 144 valence electrons. The van der Waals surface area contributed by atoms with E-state index in [1.165, 1.54) is 24.3 Å². The second-order valence-corrected chi connectivity index (χ2v) is 5.63. The lowest BCUT2D eigenvalue weighted by molar-refractivity contribution is -0.274. The van der Waals surface area contributed by atoms with Gasteiger partial charge in [-0.05, 0) is 30.3 Å². The van der Waals surface area contributed by atoms with Crippen LogP contribution in [0.25, 0.3) is 0 Å². The van der Waals surface area contributed by atoms with E-state index in [9.17, 15) is 27.2 Å². The molecule has 0 aliphatic rings. The maximum atomic E-state index is 13.0. The molecule has 0 aliphatic heterocycles. The first-order valence-electron chi connectivity index (χ1n) is 7.53. The monoisotopic (exact) mass is 404 g/mol. The van der Waals surface area contributed by atoms with Crippen molar-refractivity contribution in [3.8, 4) is 5.75 Å². The average molecular weight is 405 g/mol. The molecule has 0 radical (unpaired) electrons. The number of nitrogens with one attached hydrogen (secondary N) is 2. The molecule has 0 fully saturated rings. The van der Waals surface area contributed by atoms with Gasteiger partial charge in [0.1, 0.15) is 5.82 Å². The van der Waals surface area contributed by atoms with E-state index >= 15 is 0 Å². The molecule has 0 unspecified atom stereocenters. The Bertz CT molecular complexity index is 843. The number of para-hydroxylation sites is 2. The Kier molecular flexibility index (Phi) is 6.62. The van der Waals surface area contributed by atoms with E-state index in [-0.39, 0.29) is 29.2 Å². The van der Waals surface area contributed by atoms with Crippen LogP contribution >= 0.6 is 11.6 Å². The lowest BCUT2D eigenvalue weighted by Crippen LogP contribution is -2.28. The number of halogens is 5. The van der Waals surface area contributed by atoms with Crippen molar-refractivity contribution in [2.45, 2.75) is 12.8 Å². The van der Waals surface area contributed by atoms with Gasteiger partial charge >= 0.3 is 6.36 Å². The molecule has 2 N–H and O–H groups in total. The number of hydrogen-bond acceptors (Lipinski definition) is 3. The van der Waals surface area contributed by atoms with E-state index in [1.807, 2.05) is 0 Å². The Balaban J connectivity index is 1.89. The molecule has 2 amide bonds. The molecule has 0 saturated carbocycles. The van der Waals surface area contributed by atoms with Gasteiger partial charge in [0.15, 0.2) is 5.75 Å². The summed E-state index contributed by atoms with van der Waals surface area (Å²) in [4.78, 5) is 23.8. The van der Waals surface area contributed by atoms with Crippen molar-refractivity contribution in [1.82, 2.24) is 5.32 Å². The molecule has 2 aromatic carbocycles. The Morgan fingerprint density at radius 2 is 1.81 bits per heavy atom. The molecule has 0 spiro atoms. The van der Waals surface area contributed by atoms with Crippen LogP contribution in [-0.2, 0) is 4.79 Å². The highest BCUT2D eigenvalue weighted by Crippen LogP contribution is 2.29. The molecule has 2 rings (SSSR count). The number of rotatable bonds is 6. The van der Waals surface area contributed by atoms with Gasteiger partial charge < -0.3 is 15.4 Å². The molecule has 2 aromatic rings. The first kappa shape index (κ1) is 20.5. The molecule has 0 saturated heterocycles. The summed E-state index contributed by atoms with van der Waals surface area (Å²) in [6, 6.07) is 8.28. The van der Waals surface area contributed by atoms with Gasteiger partial charge in [0.2, 0.25) is 5.91 Å². The maximum absolute atomic E-state index is 13.0. The second-order valence-electron chi connectivity index (χ2n) is 5.22. The van der Waals surface area contributed by atoms with Gasteiger partial charge in [-0.2, -0.15) is 0 Å². The van der Waals surface area contributed by atoms with Crippen molar-refractivity contribution in [2.75, 3.05) is 11.9 Å². The fourth-order valence-corrected chi connectivity index (χ4v) is 2.31. The van der Waals surface area contributed by atoms with Crippen molar-refractivity contribution in [1.29, 1.82) is 0 Å². The van der Waals surface area contributed by atoms with Crippen molar-refractivity contribution in [3.05, 3.63) is 58.9 Å². The number of amides is 2. The van der Waals surface area contributed by atoms with E-state index in [2.05, 4.69) is 15.4 Å². The number of benzene rings is 2. The SMILES string of the molecule is O=C(CCNC(=O)c1ccc(F)cc1Cl)Nc1ccccc1OC(F)(F)F. The normalized spacial score (nSPS) is 11.0. The summed E-state index contributed by atoms with van der Waals surface area (Å²) in [5.41, 5.74) is -0.130. The topological polar surface area (TPSA) is 67.4 Å². The van der Waals surface area contributed by atoms with Gasteiger partial charge in [0.25, 0.3) is 5.91 Å². The lowest BCUT2D eigenvalue weighted by Gasteiger charge is -2.14. The Hall–Kier alpha value is -2.81. The summed E-state index contributed by atoms with van der Waals surface area (Å²) in [5.74, 6) is -2.41. The molecule has 0 aliphatic carbocycles. The quantitative estimate of drug-likeness (QED) is 0.711. The summed E-state index contributed by atoms with van der Waals surface area (Å²) in [6.45, 7) is -0.110. The average Bonchev–Trinajstić information content (AvgIpc) is 2.55. The molecule has 27 heavy (non-hydrogen) atoms. The minimum absolute atomic E-state index is 0.0300. The van der Waals surface area contributed by atoms with E-state index in [4.69, 9.17) is 11.6 Å². The van der Waals surface area contributed by atoms with Gasteiger partial charge in [-0.15, -0.1) is 13.2 Å². The van der Waals surface area contributed by atoms with E-state index in [1.54, 1.807) is 0 Å². The van der Waals surface area contributed by atoms with Crippen LogP contribution in [0.5, 0.6) is 5.75 Å². The first-order valence-corrected chi connectivity index (χ1v) is 7.91. The van der Waals surface area contributed by atoms with Crippen molar-refractivity contribution in [2.24, 2.45) is 0 Å². The highest BCUT2D eigenvalue weighted by Gasteiger charge is 2.32. The van der Waals surface area contributed by atoms with Crippen LogP contribution in [0.1, 0.15) is 16.8 Å². The second kappa shape index (κ2) is 8.72. The van der Waals surface area contributed by atoms with Crippen LogP contribution in [-0.4, -0.2) is 24.7 Å². The maximum Gasteiger partial charge on any atom is 0.573 e. The highest BCUT2D eigenvalue weighted by molar-refractivity contribution is 6.33. The lowest BCUT2D eigenvalue weighted by atomic mass is 10.2. The minimum atomic E-state index is -4.90. The zero-order valence-corrected chi connectivity index (χ0v) is 14.3. The van der Waals surface area contributed by atoms with Crippen molar-refractivity contribution < 1.29 is 31.9 Å². The smallest absolute Gasteiger partial charge is 0.404 e. The van der Waals surface area contributed by atoms with Crippen LogP contribution in [0.4, 0.5) is 23.2 Å². The fourth-order valence-electron chi connectivity index (χ4n) is 2.05. The summed E-state index contributed by atoms with van der Waals surface area (Å²) >= 11 is 5.76. The van der Waals surface area contributed by atoms with E-state index in [0.717, 1.165) is 18.2 Å². The predicted molar refractivity (Wildman–Crippen MR) is 90.1 cm³/mol.